The van der Waals surface area contributed by atoms with Gasteiger partial charge in [0, 0.05) is 24.7 Å². The van der Waals surface area contributed by atoms with Crippen molar-refractivity contribution in [2.45, 2.75) is 19.0 Å². The van der Waals surface area contributed by atoms with Crippen LogP contribution < -0.4 is 11.1 Å². The zero-order valence-corrected chi connectivity index (χ0v) is 15.3. The third-order valence-corrected chi connectivity index (χ3v) is 4.24. The second-order valence-electron chi connectivity index (χ2n) is 6.35. The lowest BCUT2D eigenvalue weighted by molar-refractivity contribution is 0.0998. The van der Waals surface area contributed by atoms with Crippen LogP contribution in [0.5, 0.6) is 5.75 Å². The molecule has 7 nitrogen and oxygen atoms in total. The summed E-state index contributed by atoms with van der Waals surface area (Å²) in [5, 5.41) is 20.7. The van der Waals surface area contributed by atoms with E-state index in [1.807, 2.05) is 0 Å². The molecule has 3 aromatic rings. The number of primary amides is 1. The minimum Gasteiger partial charge on any atom is -0.507 e. The maximum Gasteiger partial charge on any atom is 0.252 e. The molecule has 2 heterocycles. The molecule has 1 aromatic carbocycles. The number of benzene rings is 1. The Labute approximate surface area is 165 Å². The number of pyridine rings is 1. The lowest BCUT2D eigenvalue weighted by atomic mass is 10.1. The number of rotatable bonds is 8. The van der Waals surface area contributed by atoms with Gasteiger partial charge >= 0.3 is 0 Å². The van der Waals surface area contributed by atoms with Gasteiger partial charge in [-0.1, -0.05) is 0 Å². The third-order valence-electron chi connectivity index (χ3n) is 4.24. The van der Waals surface area contributed by atoms with E-state index in [1.165, 1.54) is 30.5 Å². The van der Waals surface area contributed by atoms with Crippen LogP contribution in [0.15, 0.2) is 48.7 Å². The molecular weight excluding hydrogens is 380 g/mol. The normalized spacial score (nSPS) is 11.8. The number of hydrogen-bond acceptors (Lipinski definition) is 6. The van der Waals surface area contributed by atoms with E-state index in [4.69, 9.17) is 5.73 Å². The largest absolute Gasteiger partial charge is 0.507 e. The summed E-state index contributed by atoms with van der Waals surface area (Å²) >= 11 is 0. The predicted octanol–water partition coefficient (Wildman–Crippen LogP) is 2.87. The van der Waals surface area contributed by atoms with Crippen LogP contribution >= 0.6 is 0 Å². The maximum atomic E-state index is 14.1. The zero-order valence-electron chi connectivity index (χ0n) is 15.3. The number of halogens is 2. The fourth-order valence-electron chi connectivity index (χ4n) is 2.71. The summed E-state index contributed by atoms with van der Waals surface area (Å²) in [6.07, 6.45) is 0.242. The van der Waals surface area contributed by atoms with Gasteiger partial charge < -0.3 is 16.2 Å². The summed E-state index contributed by atoms with van der Waals surface area (Å²) in [5.41, 5.74) is 6.36. The molecule has 0 bridgehead atoms. The lowest BCUT2D eigenvalue weighted by Gasteiger charge is -2.10. The van der Waals surface area contributed by atoms with E-state index in [1.54, 1.807) is 18.2 Å². The first-order chi connectivity index (χ1) is 13.9. The van der Waals surface area contributed by atoms with Crippen molar-refractivity contribution in [1.29, 1.82) is 0 Å². The van der Waals surface area contributed by atoms with Crippen molar-refractivity contribution in [3.05, 3.63) is 65.7 Å². The van der Waals surface area contributed by atoms with Gasteiger partial charge in [-0.15, -0.1) is 10.2 Å². The second-order valence-corrected chi connectivity index (χ2v) is 6.35. The molecule has 150 valence electrons. The molecule has 1 atom stereocenters. The Morgan fingerprint density at radius 3 is 2.72 bits per heavy atom. The van der Waals surface area contributed by atoms with E-state index in [2.05, 4.69) is 20.5 Å². The van der Waals surface area contributed by atoms with Gasteiger partial charge in [-0.25, -0.2) is 8.78 Å². The minimum atomic E-state index is -1.25. The highest BCUT2D eigenvalue weighted by Gasteiger charge is 2.13. The van der Waals surface area contributed by atoms with Crippen LogP contribution in [0.1, 0.15) is 22.5 Å². The Morgan fingerprint density at radius 1 is 1.21 bits per heavy atom. The van der Waals surface area contributed by atoms with Crippen molar-refractivity contribution >= 4 is 11.7 Å². The number of hydrogen-bond donors (Lipinski definition) is 3. The number of aromatic hydroxyl groups is 1. The van der Waals surface area contributed by atoms with Gasteiger partial charge in [-0.05, 0) is 48.9 Å². The molecule has 0 aliphatic rings. The molecular formula is C20H19F2N5O2. The van der Waals surface area contributed by atoms with E-state index in [0.717, 1.165) is 0 Å². The number of nitrogens with one attached hydrogen (secondary N) is 1. The zero-order chi connectivity index (χ0) is 20.8. The van der Waals surface area contributed by atoms with Crippen molar-refractivity contribution < 1.29 is 18.7 Å². The average Bonchev–Trinajstić information content (AvgIpc) is 2.70. The molecule has 1 amide bonds. The van der Waals surface area contributed by atoms with E-state index in [-0.39, 0.29) is 36.4 Å². The highest BCUT2D eigenvalue weighted by atomic mass is 19.1. The third kappa shape index (κ3) is 5.22. The molecule has 0 aliphatic carbocycles. The molecule has 3 rings (SSSR count). The SMILES string of the molecule is NC(=O)c1cc(-c2ccc(NCC[C@H](F)Cc3ncccc3F)nn2)ccc1O. The number of anilines is 1. The Balaban J connectivity index is 1.55. The van der Waals surface area contributed by atoms with Crippen LogP contribution in [-0.2, 0) is 6.42 Å². The van der Waals surface area contributed by atoms with Gasteiger partial charge in [0.2, 0.25) is 0 Å². The van der Waals surface area contributed by atoms with Crippen molar-refractivity contribution in [3.8, 4) is 17.0 Å². The molecule has 0 saturated carbocycles. The molecule has 0 spiro atoms. The number of carbonyl (C=O) groups is 1. The molecule has 0 fully saturated rings. The summed E-state index contributed by atoms with van der Waals surface area (Å²) < 4.78 is 27.6. The number of carbonyl (C=O) groups excluding carboxylic acids is 1. The molecule has 0 unspecified atom stereocenters. The average molecular weight is 399 g/mol. The highest BCUT2D eigenvalue weighted by Crippen LogP contribution is 2.24. The van der Waals surface area contributed by atoms with Crippen molar-refractivity contribution in [2.24, 2.45) is 5.73 Å². The molecule has 2 aromatic heterocycles. The monoisotopic (exact) mass is 399 g/mol. The fourth-order valence-corrected chi connectivity index (χ4v) is 2.71. The minimum absolute atomic E-state index is 0.00942. The standard InChI is InChI=1S/C20H19F2N5O2/c21-13(11-17-15(22)2-1-8-24-17)7-9-25-19-6-4-16(26-27-19)12-3-5-18(28)14(10-12)20(23)29/h1-6,8,10,13,28H,7,9,11H2,(H2,23,29)(H,25,27)/t13-/m0/s1. The van der Waals surface area contributed by atoms with E-state index >= 15 is 0 Å². The number of phenols is 1. The Bertz CT molecular complexity index is 998. The quantitative estimate of drug-likeness (QED) is 0.537. The lowest BCUT2D eigenvalue weighted by Crippen LogP contribution is -2.14. The fraction of sp³-hybridized carbons (Fsp3) is 0.200. The Kier molecular flexibility index (Phi) is 6.28. The van der Waals surface area contributed by atoms with Crippen LogP contribution in [0, 0.1) is 5.82 Å². The van der Waals surface area contributed by atoms with Crippen LogP contribution in [-0.4, -0.2) is 38.9 Å². The van der Waals surface area contributed by atoms with Crippen molar-refractivity contribution in [3.63, 3.8) is 0 Å². The smallest absolute Gasteiger partial charge is 0.252 e. The van der Waals surface area contributed by atoms with Gasteiger partial charge in [0.25, 0.3) is 5.91 Å². The van der Waals surface area contributed by atoms with E-state index < -0.39 is 17.9 Å². The van der Waals surface area contributed by atoms with Crippen LogP contribution in [0.25, 0.3) is 11.3 Å². The van der Waals surface area contributed by atoms with Crippen molar-refractivity contribution in [1.82, 2.24) is 15.2 Å². The summed E-state index contributed by atoms with van der Waals surface area (Å²) in [6.45, 7) is 0.286. The summed E-state index contributed by atoms with van der Waals surface area (Å²) in [6, 6.07) is 10.4. The molecule has 29 heavy (non-hydrogen) atoms. The van der Waals surface area contributed by atoms with Gasteiger partial charge in [0.1, 0.15) is 23.6 Å². The summed E-state index contributed by atoms with van der Waals surface area (Å²) in [7, 11) is 0. The highest BCUT2D eigenvalue weighted by molar-refractivity contribution is 5.96. The van der Waals surface area contributed by atoms with Gasteiger partial charge in [0.05, 0.1) is 17.0 Å². The molecule has 9 heteroatoms. The Hall–Kier alpha value is -3.62. The number of amides is 1. The number of alkyl halides is 1. The number of nitrogens with two attached hydrogens (primary N) is 1. The number of aromatic nitrogens is 3. The summed E-state index contributed by atoms with van der Waals surface area (Å²) in [5.74, 6) is -1.03. The first-order valence-corrected chi connectivity index (χ1v) is 8.88. The van der Waals surface area contributed by atoms with Crippen LogP contribution in [0.2, 0.25) is 0 Å². The Morgan fingerprint density at radius 2 is 2.03 bits per heavy atom. The topological polar surface area (TPSA) is 114 Å². The second kappa shape index (κ2) is 9.05. The molecule has 4 N–H and O–H groups in total. The van der Waals surface area contributed by atoms with Gasteiger partial charge in [-0.3, -0.25) is 9.78 Å². The van der Waals surface area contributed by atoms with Gasteiger partial charge in [0.15, 0.2) is 0 Å². The molecule has 0 radical (unpaired) electrons. The predicted molar refractivity (Wildman–Crippen MR) is 104 cm³/mol. The van der Waals surface area contributed by atoms with E-state index in [0.29, 0.717) is 17.1 Å². The van der Waals surface area contributed by atoms with Crippen LogP contribution in [0.4, 0.5) is 14.6 Å². The van der Waals surface area contributed by atoms with Gasteiger partial charge in [-0.2, -0.15) is 0 Å². The molecule has 0 aliphatic heterocycles. The van der Waals surface area contributed by atoms with Crippen molar-refractivity contribution in [2.75, 3.05) is 11.9 Å². The van der Waals surface area contributed by atoms with Crippen LogP contribution in [0.3, 0.4) is 0 Å². The number of nitrogens with zero attached hydrogens (tertiary/aromatic N) is 3. The molecule has 0 saturated heterocycles. The first kappa shape index (κ1) is 20.1. The maximum absolute atomic E-state index is 14.1. The summed E-state index contributed by atoms with van der Waals surface area (Å²) in [4.78, 5) is 15.2. The first-order valence-electron chi connectivity index (χ1n) is 8.88. The van der Waals surface area contributed by atoms with E-state index in [9.17, 15) is 18.7 Å².